The molecule has 1 aliphatic heterocycles. The van der Waals surface area contributed by atoms with E-state index in [9.17, 15) is 4.79 Å². The van der Waals surface area contributed by atoms with E-state index in [1.165, 1.54) is 0 Å². The monoisotopic (exact) mass is 710 g/mol. The molecule has 5 heterocycles. The largest absolute Gasteiger partial charge is 0.352 e. The Morgan fingerprint density at radius 2 is 1.28 bits per heavy atom. The molecule has 0 spiro atoms. The minimum atomic E-state index is -0.0742. The molecule has 6 aromatic rings. The summed E-state index contributed by atoms with van der Waals surface area (Å²) in [6, 6.07) is 20.3. The standard InChI is InChI=1S/C21H26N4O2S.C16H16N4OS/c1-21(2)13-26-18(27-14-21)7-5-11-28-20-24-23-19(25(20)3)16-8-9-17-15(12-16)6-4-10-22-17;1-20-15(18-19-16(20)22-10-3-2-9-21)13-6-7-14-12(11-13)5-4-8-17-14/h4,6,8-10,12,18H,5,7,11,13-14H2,1-3H3;4-9,11H,2-3,10H2,1H3. The van der Waals surface area contributed by atoms with Crippen LogP contribution in [0.4, 0.5) is 0 Å². The lowest BCUT2D eigenvalue weighted by atomic mass is 9.95. The first-order chi connectivity index (χ1) is 24.3. The van der Waals surface area contributed by atoms with Gasteiger partial charge >= 0.3 is 0 Å². The van der Waals surface area contributed by atoms with Crippen LogP contribution in [0.15, 0.2) is 83.4 Å². The highest BCUT2D eigenvalue weighted by Crippen LogP contribution is 2.29. The van der Waals surface area contributed by atoms with Crippen molar-refractivity contribution in [1.29, 1.82) is 0 Å². The zero-order valence-electron chi connectivity index (χ0n) is 28.9. The number of unbranched alkanes of at least 4 members (excludes halogenated alkanes) is 1. The predicted octanol–water partition coefficient (Wildman–Crippen LogP) is 7.40. The van der Waals surface area contributed by atoms with Gasteiger partial charge in [-0.05, 0) is 67.8 Å². The molecule has 2 aromatic carbocycles. The van der Waals surface area contributed by atoms with Gasteiger partial charge in [-0.3, -0.25) is 9.97 Å². The Hall–Kier alpha value is -4.17. The highest BCUT2D eigenvalue weighted by atomic mass is 32.2. The third-order valence-electron chi connectivity index (χ3n) is 8.22. The van der Waals surface area contributed by atoms with Crippen molar-refractivity contribution in [2.75, 3.05) is 24.7 Å². The van der Waals surface area contributed by atoms with Crippen LogP contribution in [0.25, 0.3) is 44.6 Å². The number of ether oxygens (including phenoxy) is 2. The number of thioether (sulfide) groups is 2. The number of carbonyl (C=O) groups excluding carboxylic acids is 1. The highest BCUT2D eigenvalue weighted by molar-refractivity contribution is 7.99. The van der Waals surface area contributed by atoms with Crippen LogP contribution in [-0.4, -0.2) is 76.8 Å². The average molecular weight is 711 g/mol. The molecule has 0 atom stereocenters. The van der Waals surface area contributed by atoms with Crippen LogP contribution >= 0.6 is 23.5 Å². The van der Waals surface area contributed by atoms with Crippen molar-refractivity contribution < 1.29 is 14.3 Å². The van der Waals surface area contributed by atoms with Crippen molar-refractivity contribution in [3.63, 3.8) is 0 Å². The molecule has 4 aromatic heterocycles. The van der Waals surface area contributed by atoms with Gasteiger partial charge in [-0.25, -0.2) is 0 Å². The zero-order chi connectivity index (χ0) is 34.9. The van der Waals surface area contributed by atoms with E-state index in [1.807, 2.05) is 67.3 Å². The summed E-state index contributed by atoms with van der Waals surface area (Å²) in [7, 11) is 3.98. The first kappa shape index (κ1) is 35.6. The van der Waals surface area contributed by atoms with Crippen molar-refractivity contribution in [3.8, 4) is 22.8 Å². The van der Waals surface area contributed by atoms with Gasteiger partial charge in [0.15, 0.2) is 28.3 Å². The molecule has 0 saturated carbocycles. The van der Waals surface area contributed by atoms with Crippen molar-refractivity contribution >= 4 is 51.6 Å². The van der Waals surface area contributed by atoms with Gasteiger partial charge in [0, 0.05) is 71.7 Å². The summed E-state index contributed by atoms with van der Waals surface area (Å²) in [5.74, 6) is 3.53. The van der Waals surface area contributed by atoms with Gasteiger partial charge in [0.2, 0.25) is 0 Å². The third-order valence-corrected chi connectivity index (χ3v) is 10.4. The van der Waals surface area contributed by atoms with Crippen molar-refractivity contribution in [1.82, 2.24) is 39.5 Å². The number of pyridine rings is 2. The first-order valence-corrected chi connectivity index (χ1v) is 18.7. The minimum absolute atomic E-state index is 0.0742. The Kier molecular flexibility index (Phi) is 11.9. The van der Waals surface area contributed by atoms with Crippen LogP contribution in [0.1, 0.15) is 39.5 Å². The van der Waals surface area contributed by atoms with Gasteiger partial charge in [-0.15, -0.1) is 20.4 Å². The van der Waals surface area contributed by atoms with Gasteiger partial charge in [0.05, 0.1) is 24.2 Å². The van der Waals surface area contributed by atoms with Crippen molar-refractivity contribution in [3.05, 3.63) is 73.1 Å². The van der Waals surface area contributed by atoms with Gasteiger partial charge in [0.1, 0.15) is 6.29 Å². The Morgan fingerprint density at radius 1 is 0.760 bits per heavy atom. The number of aldehydes is 1. The molecule has 0 amide bonds. The number of aromatic nitrogens is 8. The Morgan fingerprint density at radius 3 is 1.80 bits per heavy atom. The average Bonchev–Trinajstić information content (AvgIpc) is 3.69. The maximum absolute atomic E-state index is 10.3. The molecule has 1 fully saturated rings. The van der Waals surface area contributed by atoms with Crippen LogP contribution in [0, 0.1) is 5.41 Å². The van der Waals surface area contributed by atoms with Gasteiger partial charge in [-0.2, -0.15) is 0 Å². The second kappa shape index (κ2) is 16.7. The molecule has 1 saturated heterocycles. The topological polar surface area (TPSA) is 123 Å². The summed E-state index contributed by atoms with van der Waals surface area (Å²) in [6.45, 7) is 5.85. The van der Waals surface area contributed by atoms with E-state index in [0.29, 0.717) is 6.42 Å². The molecular weight excluding hydrogens is 669 g/mol. The Bertz CT molecular complexity index is 2040. The first-order valence-electron chi connectivity index (χ1n) is 16.7. The molecule has 260 valence electrons. The minimum Gasteiger partial charge on any atom is -0.352 e. The normalized spacial score (nSPS) is 14.5. The highest BCUT2D eigenvalue weighted by Gasteiger charge is 2.28. The van der Waals surface area contributed by atoms with Crippen LogP contribution in [0.5, 0.6) is 0 Å². The van der Waals surface area contributed by atoms with Crippen molar-refractivity contribution in [2.24, 2.45) is 19.5 Å². The van der Waals surface area contributed by atoms with E-state index in [4.69, 9.17) is 9.47 Å². The molecule has 0 radical (unpaired) electrons. The number of benzene rings is 2. The summed E-state index contributed by atoms with van der Waals surface area (Å²) >= 11 is 3.34. The van der Waals surface area contributed by atoms with Gasteiger partial charge in [-0.1, -0.05) is 49.5 Å². The summed E-state index contributed by atoms with van der Waals surface area (Å²) in [5, 5.41) is 21.3. The van der Waals surface area contributed by atoms with E-state index in [0.717, 1.165) is 105 Å². The summed E-state index contributed by atoms with van der Waals surface area (Å²) in [5.41, 5.74) is 4.15. The molecule has 7 rings (SSSR count). The lowest BCUT2D eigenvalue weighted by Gasteiger charge is -2.34. The number of hydrogen-bond donors (Lipinski definition) is 0. The summed E-state index contributed by atoms with van der Waals surface area (Å²) in [4.78, 5) is 19.0. The third kappa shape index (κ3) is 8.94. The SMILES string of the molecule is Cn1c(SCCCC2OCC(C)(C)CO2)nnc1-c1ccc2ncccc2c1.Cn1c(SCCCC=O)nnc1-c1ccc2ncccc2c1. The summed E-state index contributed by atoms with van der Waals surface area (Å²) in [6.07, 6.45) is 7.85. The Balaban J connectivity index is 0.000000178. The van der Waals surface area contributed by atoms with E-state index < -0.39 is 0 Å². The molecule has 0 bridgehead atoms. The lowest BCUT2D eigenvalue weighted by Crippen LogP contribution is -2.37. The maximum Gasteiger partial charge on any atom is 0.191 e. The van der Waals surface area contributed by atoms with E-state index in [1.54, 1.807) is 29.7 Å². The van der Waals surface area contributed by atoms with Crippen LogP contribution in [0.3, 0.4) is 0 Å². The van der Waals surface area contributed by atoms with Crippen LogP contribution in [0.2, 0.25) is 0 Å². The van der Waals surface area contributed by atoms with E-state index in [-0.39, 0.29) is 11.7 Å². The van der Waals surface area contributed by atoms with Crippen LogP contribution < -0.4 is 0 Å². The smallest absolute Gasteiger partial charge is 0.191 e. The quantitative estimate of drug-likeness (QED) is 0.0717. The molecule has 11 nitrogen and oxygen atoms in total. The molecule has 0 aliphatic carbocycles. The summed E-state index contributed by atoms with van der Waals surface area (Å²) < 4.78 is 15.6. The molecular formula is C37H42N8O3S2. The number of fused-ring (bicyclic) bond motifs is 2. The van der Waals surface area contributed by atoms with E-state index >= 15 is 0 Å². The van der Waals surface area contributed by atoms with Crippen LogP contribution in [-0.2, 0) is 28.4 Å². The molecule has 0 N–H and O–H groups in total. The molecule has 1 aliphatic rings. The fourth-order valence-electron chi connectivity index (χ4n) is 5.45. The zero-order valence-corrected chi connectivity index (χ0v) is 30.5. The molecule has 0 unspecified atom stereocenters. The maximum atomic E-state index is 10.3. The van der Waals surface area contributed by atoms with Crippen molar-refractivity contribution in [2.45, 2.75) is 56.1 Å². The van der Waals surface area contributed by atoms with Gasteiger partial charge < -0.3 is 23.4 Å². The van der Waals surface area contributed by atoms with Gasteiger partial charge in [0.25, 0.3) is 0 Å². The number of hydrogen-bond acceptors (Lipinski definition) is 11. The number of carbonyl (C=O) groups is 1. The predicted molar refractivity (Wildman–Crippen MR) is 199 cm³/mol. The second-order valence-electron chi connectivity index (χ2n) is 12.9. The molecule has 50 heavy (non-hydrogen) atoms. The fourth-order valence-corrected chi connectivity index (χ4v) is 7.19. The van der Waals surface area contributed by atoms with E-state index in [2.05, 4.69) is 67.0 Å². The second-order valence-corrected chi connectivity index (χ2v) is 15.0. The lowest BCUT2D eigenvalue weighted by molar-refractivity contribution is -0.223. The number of rotatable bonds is 12. The fraction of sp³-hybridized carbons (Fsp3) is 0.378. The number of nitrogens with zero attached hydrogens (tertiary/aromatic N) is 8. The molecule has 13 heteroatoms. The Labute approximate surface area is 300 Å².